The second-order valence-corrected chi connectivity index (χ2v) is 5.16. The third-order valence-corrected chi connectivity index (χ3v) is 3.23. The molecule has 21 heavy (non-hydrogen) atoms. The van der Waals surface area contributed by atoms with Gasteiger partial charge in [-0.25, -0.2) is 0 Å². The number of unbranched alkanes of at least 4 members (excludes halogenated alkanes) is 5. The van der Waals surface area contributed by atoms with Gasteiger partial charge in [0.15, 0.2) is 0 Å². The van der Waals surface area contributed by atoms with E-state index >= 15 is 0 Å². The summed E-state index contributed by atoms with van der Waals surface area (Å²) >= 11 is 0. The predicted molar refractivity (Wildman–Crippen MR) is 85.3 cm³/mol. The summed E-state index contributed by atoms with van der Waals surface area (Å²) in [5.74, 6) is 0.600. The molecule has 0 saturated carbocycles. The highest BCUT2D eigenvalue weighted by molar-refractivity contribution is 5.69. The number of hydrogen-bond donors (Lipinski definition) is 1. The smallest absolute Gasteiger partial charge is 0.305 e. The van der Waals surface area contributed by atoms with Crippen LogP contribution in [0.25, 0.3) is 0 Å². The first-order chi connectivity index (χ1) is 10.2. The Morgan fingerprint density at radius 2 is 1.67 bits per heavy atom. The number of carbonyl (C=O) groups is 1. The van der Waals surface area contributed by atoms with Crippen molar-refractivity contribution in [2.45, 2.75) is 51.9 Å². The number of nitrogens with two attached hydrogens (primary N) is 1. The molecule has 0 saturated heterocycles. The zero-order valence-corrected chi connectivity index (χ0v) is 13.0. The molecule has 0 bridgehead atoms. The molecule has 2 N–H and O–H groups in total. The third-order valence-electron chi connectivity index (χ3n) is 3.23. The Morgan fingerprint density at radius 3 is 2.38 bits per heavy atom. The van der Waals surface area contributed by atoms with Crippen LogP contribution in [0.15, 0.2) is 24.3 Å². The van der Waals surface area contributed by atoms with Crippen molar-refractivity contribution in [3.8, 4) is 5.75 Å². The molecule has 0 unspecified atom stereocenters. The topological polar surface area (TPSA) is 61.5 Å². The summed E-state index contributed by atoms with van der Waals surface area (Å²) < 4.78 is 10.6. The van der Waals surface area contributed by atoms with Crippen molar-refractivity contribution in [2.24, 2.45) is 0 Å². The summed E-state index contributed by atoms with van der Waals surface area (Å²) in [6, 6.07) is 7.15. The minimum atomic E-state index is -0.133. The third kappa shape index (κ3) is 8.95. The molecule has 0 aliphatic heterocycles. The number of anilines is 1. The molecule has 0 aromatic heterocycles. The second kappa shape index (κ2) is 11.0. The lowest BCUT2D eigenvalue weighted by molar-refractivity contribution is -0.144. The van der Waals surface area contributed by atoms with Crippen LogP contribution in [0.3, 0.4) is 0 Å². The standard InChI is InChI=1S/C17H27NO3/c1-2-3-4-5-6-7-8-17(19)21-14-13-20-16-11-9-15(18)10-12-16/h9-12H,2-8,13-14,18H2,1H3. The van der Waals surface area contributed by atoms with E-state index in [1.807, 2.05) is 0 Å². The van der Waals surface area contributed by atoms with Gasteiger partial charge in [-0.15, -0.1) is 0 Å². The Bertz CT molecular complexity index is 390. The molecule has 0 aliphatic rings. The largest absolute Gasteiger partial charge is 0.490 e. The van der Waals surface area contributed by atoms with E-state index in [9.17, 15) is 4.79 Å². The van der Waals surface area contributed by atoms with Crippen LogP contribution in [-0.2, 0) is 9.53 Å². The normalized spacial score (nSPS) is 10.3. The first kappa shape index (κ1) is 17.3. The van der Waals surface area contributed by atoms with Crippen molar-refractivity contribution in [1.29, 1.82) is 0 Å². The Balaban J connectivity index is 1.97. The zero-order valence-electron chi connectivity index (χ0n) is 13.0. The van der Waals surface area contributed by atoms with Crippen molar-refractivity contribution in [3.05, 3.63) is 24.3 Å². The minimum absolute atomic E-state index is 0.133. The lowest BCUT2D eigenvalue weighted by Gasteiger charge is -2.07. The molecule has 0 amide bonds. The average molecular weight is 293 g/mol. The first-order valence-corrected chi connectivity index (χ1v) is 7.86. The van der Waals surface area contributed by atoms with Gasteiger partial charge >= 0.3 is 5.97 Å². The average Bonchev–Trinajstić information content (AvgIpc) is 2.49. The Hall–Kier alpha value is -1.71. The number of rotatable bonds is 11. The highest BCUT2D eigenvalue weighted by atomic mass is 16.6. The van der Waals surface area contributed by atoms with Crippen LogP contribution >= 0.6 is 0 Å². The van der Waals surface area contributed by atoms with Crippen LogP contribution in [0.1, 0.15) is 51.9 Å². The molecule has 1 aromatic rings. The number of nitrogen functional groups attached to an aromatic ring is 1. The fraction of sp³-hybridized carbons (Fsp3) is 0.588. The number of ether oxygens (including phenoxy) is 2. The van der Waals surface area contributed by atoms with Crippen molar-refractivity contribution in [2.75, 3.05) is 18.9 Å². The molecule has 0 spiro atoms. The summed E-state index contributed by atoms with van der Waals surface area (Å²) in [5, 5.41) is 0. The van der Waals surface area contributed by atoms with E-state index in [0.717, 1.165) is 18.6 Å². The Kier molecular flexibility index (Phi) is 9.09. The van der Waals surface area contributed by atoms with Gasteiger partial charge in [-0.05, 0) is 30.7 Å². The molecule has 0 atom stereocenters. The fourth-order valence-electron chi connectivity index (χ4n) is 2.00. The van der Waals surface area contributed by atoms with Gasteiger partial charge in [-0.3, -0.25) is 4.79 Å². The van der Waals surface area contributed by atoms with Crippen LogP contribution in [0.5, 0.6) is 5.75 Å². The molecule has 0 fully saturated rings. The van der Waals surface area contributed by atoms with Gasteiger partial charge in [-0.1, -0.05) is 39.0 Å². The molecule has 4 heteroatoms. The van der Waals surface area contributed by atoms with E-state index in [1.165, 1.54) is 25.7 Å². The van der Waals surface area contributed by atoms with Crippen molar-refractivity contribution < 1.29 is 14.3 Å². The van der Waals surface area contributed by atoms with Crippen LogP contribution in [0.4, 0.5) is 5.69 Å². The molecule has 1 aromatic carbocycles. The monoisotopic (exact) mass is 293 g/mol. The minimum Gasteiger partial charge on any atom is -0.490 e. The lowest BCUT2D eigenvalue weighted by atomic mass is 10.1. The highest BCUT2D eigenvalue weighted by Crippen LogP contribution is 2.12. The Morgan fingerprint density at radius 1 is 1.00 bits per heavy atom. The zero-order chi connectivity index (χ0) is 15.3. The van der Waals surface area contributed by atoms with Crippen molar-refractivity contribution in [3.63, 3.8) is 0 Å². The van der Waals surface area contributed by atoms with Gasteiger partial charge in [0.1, 0.15) is 19.0 Å². The number of hydrogen-bond acceptors (Lipinski definition) is 4. The van der Waals surface area contributed by atoms with E-state index < -0.39 is 0 Å². The van der Waals surface area contributed by atoms with Crippen LogP contribution < -0.4 is 10.5 Å². The van der Waals surface area contributed by atoms with Gasteiger partial charge in [-0.2, -0.15) is 0 Å². The predicted octanol–water partition coefficient (Wildman–Crippen LogP) is 3.94. The summed E-state index contributed by atoms with van der Waals surface area (Å²) in [5.41, 5.74) is 6.28. The van der Waals surface area contributed by atoms with E-state index in [-0.39, 0.29) is 5.97 Å². The molecule has 0 heterocycles. The fourth-order valence-corrected chi connectivity index (χ4v) is 2.00. The SMILES string of the molecule is CCCCCCCCC(=O)OCCOc1ccc(N)cc1. The van der Waals surface area contributed by atoms with E-state index in [2.05, 4.69) is 6.92 Å². The summed E-state index contributed by atoms with van der Waals surface area (Å²) in [6.45, 7) is 2.86. The Labute approximate surface area is 127 Å². The van der Waals surface area contributed by atoms with Gasteiger partial charge in [0, 0.05) is 12.1 Å². The summed E-state index contributed by atoms with van der Waals surface area (Å²) in [6.07, 6.45) is 7.54. The highest BCUT2D eigenvalue weighted by Gasteiger charge is 2.02. The molecular weight excluding hydrogens is 266 g/mol. The van der Waals surface area contributed by atoms with E-state index in [4.69, 9.17) is 15.2 Å². The lowest BCUT2D eigenvalue weighted by Crippen LogP contribution is -2.12. The summed E-state index contributed by atoms with van der Waals surface area (Å²) in [7, 11) is 0. The molecule has 1 rings (SSSR count). The van der Waals surface area contributed by atoms with Gasteiger partial charge in [0.25, 0.3) is 0 Å². The first-order valence-electron chi connectivity index (χ1n) is 7.86. The number of carbonyl (C=O) groups excluding carboxylic acids is 1. The second-order valence-electron chi connectivity index (χ2n) is 5.16. The molecule has 0 radical (unpaired) electrons. The molecule has 4 nitrogen and oxygen atoms in total. The van der Waals surface area contributed by atoms with Crippen molar-refractivity contribution in [1.82, 2.24) is 0 Å². The van der Waals surface area contributed by atoms with Crippen LogP contribution in [0.2, 0.25) is 0 Å². The summed E-state index contributed by atoms with van der Waals surface area (Å²) in [4.78, 5) is 11.5. The quantitative estimate of drug-likeness (QED) is 0.381. The van der Waals surface area contributed by atoms with Crippen LogP contribution in [0, 0.1) is 0 Å². The maximum Gasteiger partial charge on any atom is 0.305 e. The van der Waals surface area contributed by atoms with Gasteiger partial charge < -0.3 is 15.2 Å². The maximum atomic E-state index is 11.5. The van der Waals surface area contributed by atoms with E-state index in [1.54, 1.807) is 24.3 Å². The van der Waals surface area contributed by atoms with Crippen LogP contribution in [-0.4, -0.2) is 19.2 Å². The number of esters is 1. The van der Waals surface area contributed by atoms with Gasteiger partial charge in [0.2, 0.25) is 0 Å². The molecule has 0 aliphatic carbocycles. The molecular formula is C17H27NO3. The van der Waals surface area contributed by atoms with Gasteiger partial charge in [0.05, 0.1) is 0 Å². The number of benzene rings is 1. The van der Waals surface area contributed by atoms with E-state index in [0.29, 0.717) is 25.3 Å². The molecule has 118 valence electrons. The maximum absolute atomic E-state index is 11.5. The van der Waals surface area contributed by atoms with Crippen molar-refractivity contribution >= 4 is 11.7 Å².